The highest BCUT2D eigenvalue weighted by Gasteiger charge is 2.19. The number of nitrogens with one attached hydrogen (secondary N) is 1. The summed E-state index contributed by atoms with van der Waals surface area (Å²) in [5, 5.41) is 4.03. The Bertz CT molecular complexity index is 700. The quantitative estimate of drug-likeness (QED) is 0.902. The number of carbonyl (C=O) groups excluding carboxylic acids is 1. The molecule has 2 aromatic rings. The molecule has 0 saturated carbocycles. The van der Waals surface area contributed by atoms with Gasteiger partial charge in [-0.1, -0.05) is 23.2 Å². The van der Waals surface area contributed by atoms with E-state index in [1.165, 1.54) is 12.6 Å². The highest BCUT2D eigenvalue weighted by atomic mass is 35.5. The number of hydrogen-bond donors (Lipinski definition) is 1. The molecule has 0 aliphatic carbocycles. The number of rotatable bonds is 3. The van der Waals surface area contributed by atoms with Crippen molar-refractivity contribution in [1.82, 2.24) is 14.9 Å². The number of hydrogen-bond acceptors (Lipinski definition) is 4. The minimum atomic E-state index is -0.0571. The van der Waals surface area contributed by atoms with Gasteiger partial charge in [0.1, 0.15) is 11.5 Å². The number of carbonyl (C=O) groups is 1. The van der Waals surface area contributed by atoms with Crippen LogP contribution >= 0.6 is 23.2 Å². The number of likely N-dealkylation sites (tertiary alicyclic amines) is 1. The van der Waals surface area contributed by atoms with Crippen LogP contribution in [0.4, 0.5) is 11.5 Å². The van der Waals surface area contributed by atoms with E-state index in [9.17, 15) is 4.79 Å². The van der Waals surface area contributed by atoms with Gasteiger partial charge >= 0.3 is 0 Å². The summed E-state index contributed by atoms with van der Waals surface area (Å²) in [4.78, 5) is 22.6. The molecule has 2 heterocycles. The first-order valence-electron chi connectivity index (χ1n) is 7.47. The van der Waals surface area contributed by atoms with Gasteiger partial charge in [0.15, 0.2) is 0 Å². The lowest BCUT2D eigenvalue weighted by molar-refractivity contribution is 0.0718. The summed E-state index contributed by atoms with van der Waals surface area (Å²) in [6.45, 7) is 1.59. The monoisotopic (exact) mass is 350 g/mol. The first kappa shape index (κ1) is 16.0. The van der Waals surface area contributed by atoms with Crippen molar-refractivity contribution in [3.63, 3.8) is 0 Å². The number of piperidine rings is 1. The van der Waals surface area contributed by atoms with Crippen molar-refractivity contribution in [1.29, 1.82) is 0 Å². The van der Waals surface area contributed by atoms with Crippen LogP contribution in [0.2, 0.25) is 10.0 Å². The summed E-state index contributed by atoms with van der Waals surface area (Å²) in [6.07, 6.45) is 6.32. The van der Waals surface area contributed by atoms with Crippen LogP contribution in [0.25, 0.3) is 0 Å². The fourth-order valence-electron chi connectivity index (χ4n) is 2.48. The minimum absolute atomic E-state index is 0.0571. The Morgan fingerprint density at radius 1 is 1.04 bits per heavy atom. The molecule has 0 unspecified atom stereocenters. The molecule has 1 saturated heterocycles. The number of aromatic nitrogens is 2. The maximum atomic E-state index is 12.3. The zero-order valence-electron chi connectivity index (χ0n) is 12.4. The van der Waals surface area contributed by atoms with Gasteiger partial charge in [-0.15, -0.1) is 0 Å². The maximum Gasteiger partial charge on any atom is 0.274 e. The van der Waals surface area contributed by atoms with E-state index in [1.807, 2.05) is 4.90 Å². The lowest BCUT2D eigenvalue weighted by Gasteiger charge is -2.26. The van der Waals surface area contributed by atoms with Crippen LogP contribution < -0.4 is 5.32 Å². The normalized spacial score (nSPS) is 14.6. The van der Waals surface area contributed by atoms with Crippen molar-refractivity contribution in [3.05, 3.63) is 46.3 Å². The molecule has 1 N–H and O–H groups in total. The average Bonchev–Trinajstić information content (AvgIpc) is 2.59. The van der Waals surface area contributed by atoms with Crippen molar-refractivity contribution in [2.45, 2.75) is 19.3 Å². The minimum Gasteiger partial charge on any atom is -0.339 e. The van der Waals surface area contributed by atoms with Crippen molar-refractivity contribution >= 4 is 40.6 Å². The predicted molar refractivity (Wildman–Crippen MR) is 91.5 cm³/mol. The molecular formula is C16H16Cl2N4O. The van der Waals surface area contributed by atoms with E-state index in [-0.39, 0.29) is 5.91 Å². The van der Waals surface area contributed by atoms with E-state index in [0.29, 0.717) is 21.6 Å². The second kappa shape index (κ2) is 7.15. The SMILES string of the molecule is O=C(c1cnc(Nc2ccc(Cl)c(Cl)c2)cn1)N1CCCCC1. The van der Waals surface area contributed by atoms with Gasteiger partial charge in [-0.05, 0) is 37.5 Å². The summed E-state index contributed by atoms with van der Waals surface area (Å²) in [5.41, 5.74) is 1.12. The molecule has 3 rings (SSSR count). The lowest BCUT2D eigenvalue weighted by Crippen LogP contribution is -2.36. The van der Waals surface area contributed by atoms with Gasteiger partial charge in [0.2, 0.25) is 0 Å². The van der Waals surface area contributed by atoms with E-state index in [0.717, 1.165) is 31.6 Å². The number of benzene rings is 1. The van der Waals surface area contributed by atoms with Crippen LogP contribution in [0, 0.1) is 0 Å². The average molecular weight is 351 g/mol. The third kappa shape index (κ3) is 3.92. The number of halogens is 2. The summed E-state index contributed by atoms with van der Waals surface area (Å²) in [6, 6.07) is 5.20. The molecular weight excluding hydrogens is 335 g/mol. The highest BCUT2D eigenvalue weighted by molar-refractivity contribution is 6.42. The first-order chi connectivity index (χ1) is 11.1. The molecule has 1 fully saturated rings. The topological polar surface area (TPSA) is 58.1 Å². The highest BCUT2D eigenvalue weighted by Crippen LogP contribution is 2.26. The van der Waals surface area contributed by atoms with Gasteiger partial charge in [0.05, 0.1) is 22.4 Å². The van der Waals surface area contributed by atoms with E-state index in [1.54, 1.807) is 24.4 Å². The fraction of sp³-hybridized carbons (Fsp3) is 0.312. The molecule has 0 spiro atoms. The van der Waals surface area contributed by atoms with Gasteiger partial charge in [0.25, 0.3) is 5.91 Å². The van der Waals surface area contributed by atoms with Gasteiger partial charge in [-0.3, -0.25) is 4.79 Å². The molecule has 0 atom stereocenters. The molecule has 0 radical (unpaired) electrons. The van der Waals surface area contributed by atoms with Crippen molar-refractivity contribution in [2.75, 3.05) is 18.4 Å². The summed E-state index contributed by atoms with van der Waals surface area (Å²) >= 11 is 11.9. The number of amides is 1. The number of nitrogens with zero attached hydrogens (tertiary/aromatic N) is 3. The molecule has 1 aliphatic rings. The lowest BCUT2D eigenvalue weighted by atomic mass is 10.1. The summed E-state index contributed by atoms with van der Waals surface area (Å²) in [5.74, 6) is 0.483. The Morgan fingerprint density at radius 3 is 2.48 bits per heavy atom. The molecule has 23 heavy (non-hydrogen) atoms. The van der Waals surface area contributed by atoms with Crippen molar-refractivity contribution in [3.8, 4) is 0 Å². The van der Waals surface area contributed by atoms with Crippen molar-refractivity contribution < 1.29 is 4.79 Å². The van der Waals surface area contributed by atoms with Crippen LogP contribution in [0.1, 0.15) is 29.8 Å². The summed E-state index contributed by atoms with van der Waals surface area (Å²) < 4.78 is 0. The first-order valence-corrected chi connectivity index (χ1v) is 8.22. The van der Waals surface area contributed by atoms with Crippen molar-refractivity contribution in [2.24, 2.45) is 0 Å². The Kier molecular flexibility index (Phi) is 4.98. The van der Waals surface area contributed by atoms with Crippen LogP contribution in [0.3, 0.4) is 0 Å². The smallest absolute Gasteiger partial charge is 0.274 e. The third-order valence-electron chi connectivity index (χ3n) is 3.71. The van der Waals surface area contributed by atoms with Crippen LogP contribution in [0.15, 0.2) is 30.6 Å². The molecule has 1 aliphatic heterocycles. The Hall–Kier alpha value is -1.85. The Morgan fingerprint density at radius 2 is 1.83 bits per heavy atom. The Labute approximate surface area is 144 Å². The second-order valence-corrected chi connectivity index (χ2v) is 6.21. The van der Waals surface area contributed by atoms with Crippen LogP contribution in [-0.4, -0.2) is 33.9 Å². The fourth-order valence-corrected chi connectivity index (χ4v) is 2.78. The second-order valence-electron chi connectivity index (χ2n) is 5.39. The standard InChI is InChI=1S/C16H16Cl2N4O/c17-12-5-4-11(8-13(12)18)21-15-10-19-14(9-20-15)16(23)22-6-2-1-3-7-22/h4-5,8-10H,1-3,6-7H2,(H,20,21). The molecule has 120 valence electrons. The molecule has 5 nitrogen and oxygen atoms in total. The predicted octanol–water partition coefficient (Wildman–Crippen LogP) is 4.15. The summed E-state index contributed by atoms with van der Waals surface area (Å²) in [7, 11) is 0. The van der Waals surface area contributed by atoms with Crippen LogP contribution in [0.5, 0.6) is 0 Å². The zero-order chi connectivity index (χ0) is 16.2. The van der Waals surface area contributed by atoms with Gasteiger partial charge in [0, 0.05) is 18.8 Å². The zero-order valence-corrected chi connectivity index (χ0v) is 13.9. The van der Waals surface area contributed by atoms with E-state index in [2.05, 4.69) is 15.3 Å². The van der Waals surface area contributed by atoms with Crippen LogP contribution in [-0.2, 0) is 0 Å². The van der Waals surface area contributed by atoms with E-state index < -0.39 is 0 Å². The third-order valence-corrected chi connectivity index (χ3v) is 4.45. The van der Waals surface area contributed by atoms with Gasteiger partial charge in [-0.2, -0.15) is 0 Å². The molecule has 7 heteroatoms. The molecule has 1 aromatic heterocycles. The van der Waals surface area contributed by atoms with E-state index >= 15 is 0 Å². The molecule has 1 amide bonds. The molecule has 1 aromatic carbocycles. The van der Waals surface area contributed by atoms with Gasteiger partial charge in [-0.25, -0.2) is 9.97 Å². The largest absolute Gasteiger partial charge is 0.339 e. The maximum absolute atomic E-state index is 12.3. The van der Waals surface area contributed by atoms with E-state index in [4.69, 9.17) is 23.2 Å². The number of anilines is 2. The Balaban J connectivity index is 1.68. The van der Waals surface area contributed by atoms with Gasteiger partial charge < -0.3 is 10.2 Å². The molecule has 0 bridgehead atoms.